The molecule has 0 unspecified atom stereocenters. The van der Waals surface area contributed by atoms with E-state index in [0.29, 0.717) is 11.7 Å². The van der Waals surface area contributed by atoms with E-state index in [2.05, 4.69) is 30.8 Å². The Morgan fingerprint density at radius 1 is 1.48 bits per heavy atom. The van der Waals surface area contributed by atoms with Crippen molar-refractivity contribution >= 4 is 43.2 Å². The summed E-state index contributed by atoms with van der Waals surface area (Å²) >= 11 is 8.98. The van der Waals surface area contributed by atoms with Gasteiger partial charge in [-0.25, -0.2) is 13.1 Å². The molecule has 0 bridgehead atoms. The van der Waals surface area contributed by atoms with Crippen molar-refractivity contribution in [3.63, 3.8) is 0 Å². The van der Waals surface area contributed by atoms with Crippen molar-refractivity contribution in [1.82, 2.24) is 14.9 Å². The molecule has 7 nitrogen and oxygen atoms in total. The van der Waals surface area contributed by atoms with Gasteiger partial charge in [0.2, 0.25) is 15.9 Å². The first-order valence-corrected chi connectivity index (χ1v) is 8.48. The molecule has 114 valence electrons. The van der Waals surface area contributed by atoms with Gasteiger partial charge in [-0.1, -0.05) is 16.8 Å². The molecule has 0 aliphatic heterocycles. The standard InChI is InChI=1S/C11H12BrClN4O3S/c1-6-16-10(20-17-6)2-3-15-21(18,19)9-5-7(13)4-8(14)11(9)12/h4-5,15H,2-3,14H2,1H3. The zero-order chi connectivity index (χ0) is 15.6. The second-order valence-electron chi connectivity index (χ2n) is 4.19. The van der Waals surface area contributed by atoms with Crippen LogP contribution in [0.25, 0.3) is 0 Å². The first-order chi connectivity index (χ1) is 9.79. The Bertz CT molecular complexity index is 763. The van der Waals surface area contributed by atoms with Crippen LogP contribution in [0, 0.1) is 6.92 Å². The molecule has 2 aromatic rings. The number of hydrogen-bond donors (Lipinski definition) is 2. The fourth-order valence-electron chi connectivity index (χ4n) is 1.59. The van der Waals surface area contributed by atoms with E-state index in [0.717, 1.165) is 0 Å². The zero-order valence-electron chi connectivity index (χ0n) is 10.9. The second-order valence-corrected chi connectivity index (χ2v) is 7.16. The number of aromatic nitrogens is 2. The van der Waals surface area contributed by atoms with Crippen LogP contribution in [0.4, 0.5) is 5.69 Å². The molecule has 0 spiro atoms. The van der Waals surface area contributed by atoms with Crippen molar-refractivity contribution in [3.05, 3.63) is 33.3 Å². The lowest BCUT2D eigenvalue weighted by atomic mass is 10.3. The van der Waals surface area contributed by atoms with Crippen LogP contribution in [0.15, 0.2) is 26.0 Å². The lowest BCUT2D eigenvalue weighted by Gasteiger charge is -2.10. The Kier molecular flexibility index (Phi) is 4.87. The number of benzene rings is 1. The quantitative estimate of drug-likeness (QED) is 0.748. The van der Waals surface area contributed by atoms with Gasteiger partial charge < -0.3 is 10.3 Å². The third kappa shape index (κ3) is 3.94. The number of hydrogen-bond acceptors (Lipinski definition) is 6. The van der Waals surface area contributed by atoms with Gasteiger partial charge in [-0.05, 0) is 35.0 Å². The van der Waals surface area contributed by atoms with Gasteiger partial charge in [0.25, 0.3) is 0 Å². The summed E-state index contributed by atoms with van der Waals surface area (Å²) < 4.78 is 32.1. The van der Waals surface area contributed by atoms with Gasteiger partial charge in [0, 0.05) is 23.7 Å². The molecule has 1 heterocycles. The van der Waals surface area contributed by atoms with Crippen LogP contribution in [0.2, 0.25) is 5.02 Å². The van der Waals surface area contributed by atoms with Crippen molar-refractivity contribution in [2.45, 2.75) is 18.2 Å². The molecule has 0 fully saturated rings. The number of nitrogens with two attached hydrogens (primary N) is 1. The Hall–Kier alpha value is -1.16. The molecule has 0 saturated heterocycles. The van der Waals surface area contributed by atoms with E-state index in [4.69, 9.17) is 21.9 Å². The molecule has 0 radical (unpaired) electrons. The predicted molar refractivity (Wildman–Crippen MR) is 81.5 cm³/mol. The maximum atomic E-state index is 12.2. The largest absolute Gasteiger partial charge is 0.398 e. The first kappa shape index (κ1) is 16.2. The van der Waals surface area contributed by atoms with Crippen LogP contribution in [0.1, 0.15) is 11.7 Å². The summed E-state index contributed by atoms with van der Waals surface area (Å²) in [6.45, 7) is 1.80. The summed E-state index contributed by atoms with van der Waals surface area (Å²) in [7, 11) is -3.75. The van der Waals surface area contributed by atoms with Crippen molar-refractivity contribution in [3.8, 4) is 0 Å². The SMILES string of the molecule is Cc1noc(CCNS(=O)(=O)c2cc(Cl)cc(N)c2Br)n1. The Morgan fingerprint density at radius 3 is 2.81 bits per heavy atom. The van der Waals surface area contributed by atoms with Crippen LogP contribution in [0.3, 0.4) is 0 Å². The van der Waals surface area contributed by atoms with E-state index >= 15 is 0 Å². The van der Waals surface area contributed by atoms with Crippen molar-refractivity contribution in [2.24, 2.45) is 0 Å². The molecule has 1 aromatic heterocycles. The topological polar surface area (TPSA) is 111 Å². The van der Waals surface area contributed by atoms with E-state index in [1.54, 1.807) is 6.92 Å². The molecule has 0 amide bonds. The fraction of sp³-hybridized carbons (Fsp3) is 0.273. The summed E-state index contributed by atoms with van der Waals surface area (Å²) in [6.07, 6.45) is 0.285. The summed E-state index contributed by atoms with van der Waals surface area (Å²) in [5.41, 5.74) is 5.93. The summed E-state index contributed by atoms with van der Waals surface area (Å²) in [6, 6.07) is 2.78. The van der Waals surface area contributed by atoms with E-state index in [9.17, 15) is 8.42 Å². The monoisotopic (exact) mass is 394 g/mol. The Labute approximate surface area is 135 Å². The normalized spacial score (nSPS) is 11.8. The molecular formula is C11H12BrClN4O3S. The molecule has 1 aromatic carbocycles. The average Bonchev–Trinajstić information content (AvgIpc) is 2.79. The average molecular weight is 396 g/mol. The minimum atomic E-state index is -3.75. The number of rotatable bonds is 5. The molecule has 0 aliphatic rings. The number of anilines is 1. The number of aryl methyl sites for hydroxylation is 1. The molecule has 0 aliphatic carbocycles. The Balaban J connectivity index is 2.12. The van der Waals surface area contributed by atoms with Gasteiger partial charge >= 0.3 is 0 Å². The van der Waals surface area contributed by atoms with Crippen LogP contribution in [-0.2, 0) is 16.4 Å². The van der Waals surface area contributed by atoms with Gasteiger partial charge in [0.15, 0.2) is 5.82 Å². The highest BCUT2D eigenvalue weighted by atomic mass is 79.9. The minimum absolute atomic E-state index is 0.0193. The number of sulfonamides is 1. The Morgan fingerprint density at radius 2 is 2.19 bits per heavy atom. The smallest absolute Gasteiger partial charge is 0.241 e. The van der Waals surface area contributed by atoms with Gasteiger partial charge in [0.1, 0.15) is 0 Å². The van der Waals surface area contributed by atoms with Gasteiger partial charge in [0.05, 0.1) is 9.37 Å². The predicted octanol–water partition coefficient (Wildman–Crippen LogP) is 1.90. The van der Waals surface area contributed by atoms with Crippen molar-refractivity contribution in [1.29, 1.82) is 0 Å². The van der Waals surface area contributed by atoms with E-state index in [1.165, 1.54) is 12.1 Å². The van der Waals surface area contributed by atoms with Gasteiger partial charge in [-0.15, -0.1) is 0 Å². The molecule has 10 heteroatoms. The third-order valence-corrected chi connectivity index (χ3v) is 5.37. The van der Waals surface area contributed by atoms with Gasteiger partial charge in [-0.3, -0.25) is 0 Å². The van der Waals surface area contributed by atoms with E-state index in [-0.39, 0.29) is 33.0 Å². The van der Waals surface area contributed by atoms with Crippen molar-refractivity contribution in [2.75, 3.05) is 12.3 Å². The lowest BCUT2D eigenvalue weighted by molar-refractivity contribution is 0.375. The molecule has 21 heavy (non-hydrogen) atoms. The first-order valence-electron chi connectivity index (χ1n) is 5.83. The molecule has 3 N–H and O–H groups in total. The van der Waals surface area contributed by atoms with E-state index in [1.807, 2.05) is 0 Å². The lowest BCUT2D eigenvalue weighted by Crippen LogP contribution is -2.26. The molecule has 2 rings (SSSR count). The van der Waals surface area contributed by atoms with Gasteiger partial charge in [-0.2, -0.15) is 4.98 Å². The summed E-state index contributed by atoms with van der Waals surface area (Å²) in [5, 5.41) is 3.86. The highest BCUT2D eigenvalue weighted by molar-refractivity contribution is 9.10. The summed E-state index contributed by atoms with van der Waals surface area (Å²) in [4.78, 5) is 3.97. The van der Waals surface area contributed by atoms with E-state index < -0.39 is 10.0 Å². The van der Waals surface area contributed by atoms with Crippen LogP contribution in [0.5, 0.6) is 0 Å². The highest BCUT2D eigenvalue weighted by Gasteiger charge is 2.20. The molecule has 0 atom stereocenters. The number of halogens is 2. The van der Waals surface area contributed by atoms with Crippen LogP contribution < -0.4 is 10.5 Å². The minimum Gasteiger partial charge on any atom is -0.398 e. The second kappa shape index (κ2) is 6.30. The number of nitrogen functional groups attached to an aromatic ring is 1. The van der Waals surface area contributed by atoms with Crippen LogP contribution in [-0.4, -0.2) is 25.1 Å². The van der Waals surface area contributed by atoms with Crippen molar-refractivity contribution < 1.29 is 12.9 Å². The number of nitrogens with zero attached hydrogens (tertiary/aromatic N) is 2. The maximum Gasteiger partial charge on any atom is 0.241 e. The fourth-order valence-corrected chi connectivity index (χ4v) is 3.91. The molecule has 0 saturated carbocycles. The summed E-state index contributed by atoms with van der Waals surface area (Å²) in [5.74, 6) is 0.859. The highest BCUT2D eigenvalue weighted by Crippen LogP contribution is 2.31. The molecular weight excluding hydrogens is 384 g/mol. The zero-order valence-corrected chi connectivity index (χ0v) is 14.1. The van der Waals surface area contributed by atoms with Crippen LogP contribution >= 0.6 is 27.5 Å². The maximum absolute atomic E-state index is 12.2. The number of nitrogens with one attached hydrogen (secondary N) is 1. The third-order valence-electron chi connectivity index (χ3n) is 2.52.